The molecule has 2 heterocycles. The van der Waals surface area contributed by atoms with E-state index in [1.807, 2.05) is 73.7 Å². The highest BCUT2D eigenvalue weighted by atomic mass is 16.1. The van der Waals surface area contributed by atoms with Crippen LogP contribution in [0.1, 0.15) is 12.6 Å². The van der Waals surface area contributed by atoms with Crippen LogP contribution in [0.25, 0.3) is 28.5 Å². The largest absolute Gasteiger partial charge is 0.291 e. The number of rotatable bonds is 4. The molecule has 2 aromatic heterocycles. The van der Waals surface area contributed by atoms with Crippen molar-refractivity contribution in [1.29, 1.82) is 0 Å². The van der Waals surface area contributed by atoms with Gasteiger partial charge in [-0.05, 0) is 12.5 Å². The summed E-state index contributed by atoms with van der Waals surface area (Å²) in [5.41, 5.74) is 4.28. The Bertz CT molecular complexity index is 1080. The lowest BCUT2D eigenvalue weighted by molar-refractivity contribution is 0.794. The Morgan fingerprint density at radius 2 is 1.58 bits per heavy atom. The smallest absolute Gasteiger partial charge is 0.252 e. The third kappa shape index (κ3) is 3.07. The molecule has 0 fully saturated rings. The fraction of sp³-hybridized carbons (Fsp3) is 0.0952. The van der Waals surface area contributed by atoms with E-state index in [-0.39, 0.29) is 5.56 Å². The summed E-state index contributed by atoms with van der Waals surface area (Å²) in [5, 5.41) is 4.73. The van der Waals surface area contributed by atoms with Gasteiger partial charge in [0.25, 0.3) is 5.56 Å². The summed E-state index contributed by atoms with van der Waals surface area (Å²) in [6, 6.07) is 23.5. The number of aromatic nitrogens is 4. The first-order valence-corrected chi connectivity index (χ1v) is 8.56. The van der Waals surface area contributed by atoms with Gasteiger partial charge in [-0.25, -0.2) is 4.98 Å². The minimum Gasteiger partial charge on any atom is -0.291 e. The molecule has 0 aliphatic heterocycles. The van der Waals surface area contributed by atoms with E-state index >= 15 is 0 Å². The number of nitrogens with zero attached hydrogens (tertiary/aromatic N) is 3. The molecule has 0 atom stereocenters. The Balaban J connectivity index is 1.94. The summed E-state index contributed by atoms with van der Waals surface area (Å²) in [7, 11) is 0. The molecule has 0 radical (unpaired) electrons. The normalized spacial score (nSPS) is 10.8. The third-order valence-electron chi connectivity index (χ3n) is 4.19. The molecular weight excluding hydrogens is 324 g/mol. The highest BCUT2D eigenvalue weighted by Crippen LogP contribution is 2.27. The lowest BCUT2D eigenvalue weighted by Crippen LogP contribution is -2.15. The Labute approximate surface area is 151 Å². The highest BCUT2D eigenvalue weighted by molar-refractivity contribution is 5.69. The van der Waals surface area contributed by atoms with Crippen molar-refractivity contribution in [3.05, 3.63) is 88.8 Å². The van der Waals surface area contributed by atoms with Crippen LogP contribution in [0.3, 0.4) is 0 Å². The second-order valence-corrected chi connectivity index (χ2v) is 5.97. The second kappa shape index (κ2) is 6.80. The van der Waals surface area contributed by atoms with E-state index in [9.17, 15) is 4.79 Å². The van der Waals surface area contributed by atoms with Crippen molar-refractivity contribution in [2.45, 2.75) is 13.3 Å². The molecule has 1 N–H and O–H groups in total. The van der Waals surface area contributed by atoms with Gasteiger partial charge in [-0.1, -0.05) is 67.6 Å². The van der Waals surface area contributed by atoms with E-state index in [0.29, 0.717) is 12.4 Å². The number of hydrogen-bond acceptors (Lipinski definition) is 3. The second-order valence-electron chi connectivity index (χ2n) is 5.97. The molecule has 0 saturated heterocycles. The molecule has 128 valence electrons. The maximum absolute atomic E-state index is 12.0. The van der Waals surface area contributed by atoms with E-state index in [2.05, 4.69) is 9.97 Å². The Hall–Kier alpha value is -3.47. The van der Waals surface area contributed by atoms with E-state index < -0.39 is 0 Å². The van der Waals surface area contributed by atoms with E-state index in [1.54, 1.807) is 4.68 Å². The summed E-state index contributed by atoms with van der Waals surface area (Å²) in [5.74, 6) is 0.426. The van der Waals surface area contributed by atoms with Gasteiger partial charge in [-0.3, -0.25) is 9.78 Å². The van der Waals surface area contributed by atoms with Crippen LogP contribution < -0.4 is 5.56 Å². The number of hydrogen-bond donors (Lipinski definition) is 1. The van der Waals surface area contributed by atoms with Crippen LogP contribution in [0.2, 0.25) is 0 Å². The van der Waals surface area contributed by atoms with Crippen LogP contribution in [0.5, 0.6) is 0 Å². The highest BCUT2D eigenvalue weighted by Gasteiger charge is 2.15. The van der Waals surface area contributed by atoms with Gasteiger partial charge < -0.3 is 0 Å². The zero-order valence-corrected chi connectivity index (χ0v) is 14.4. The summed E-state index contributed by atoms with van der Waals surface area (Å²) in [4.78, 5) is 19.4. The van der Waals surface area contributed by atoms with Crippen molar-refractivity contribution in [2.24, 2.45) is 0 Å². The number of aromatic amines is 1. The summed E-state index contributed by atoms with van der Waals surface area (Å²) in [6.07, 6.45) is 0.685. The van der Waals surface area contributed by atoms with Crippen molar-refractivity contribution in [3.63, 3.8) is 0 Å². The molecule has 5 nitrogen and oxygen atoms in total. The maximum atomic E-state index is 12.0. The van der Waals surface area contributed by atoms with Gasteiger partial charge in [0, 0.05) is 22.9 Å². The summed E-state index contributed by atoms with van der Waals surface area (Å²) in [6.45, 7) is 1.97. The standard InChI is InChI=1S/C21H18N4O/c1-2-17-13-20(26)23-21(22-17)25-19(16-11-7-4-8-12-16)14-18(24-25)15-9-5-3-6-10-15/h3-14H,2H2,1H3,(H,22,23,26). The van der Waals surface area contributed by atoms with Crippen LogP contribution in [0.4, 0.5) is 0 Å². The molecule has 26 heavy (non-hydrogen) atoms. The molecule has 0 aliphatic carbocycles. The number of benzene rings is 2. The van der Waals surface area contributed by atoms with Crippen LogP contribution >= 0.6 is 0 Å². The molecule has 0 unspecified atom stereocenters. The van der Waals surface area contributed by atoms with Gasteiger partial charge >= 0.3 is 0 Å². The fourth-order valence-corrected chi connectivity index (χ4v) is 2.88. The molecule has 2 aromatic carbocycles. The van der Waals surface area contributed by atoms with Crippen LogP contribution in [0.15, 0.2) is 77.6 Å². The SMILES string of the molecule is CCc1cc(=O)[nH]c(-n2nc(-c3ccccc3)cc2-c2ccccc2)n1. The van der Waals surface area contributed by atoms with Gasteiger partial charge in [0.15, 0.2) is 0 Å². The number of H-pyrrole nitrogens is 1. The molecule has 0 bridgehead atoms. The molecule has 0 aliphatic rings. The van der Waals surface area contributed by atoms with Crippen molar-refractivity contribution in [1.82, 2.24) is 19.7 Å². The van der Waals surface area contributed by atoms with Gasteiger partial charge in [0.2, 0.25) is 5.95 Å². The van der Waals surface area contributed by atoms with Gasteiger partial charge in [0.1, 0.15) is 0 Å². The molecular formula is C21H18N4O. The third-order valence-corrected chi connectivity index (χ3v) is 4.19. The van der Waals surface area contributed by atoms with Crippen molar-refractivity contribution >= 4 is 0 Å². The van der Waals surface area contributed by atoms with Crippen molar-refractivity contribution in [3.8, 4) is 28.5 Å². The number of aryl methyl sites for hydroxylation is 1. The Morgan fingerprint density at radius 1 is 0.923 bits per heavy atom. The first kappa shape index (κ1) is 16.0. The van der Waals surface area contributed by atoms with E-state index in [0.717, 1.165) is 28.2 Å². The molecule has 4 aromatic rings. The predicted octanol–water partition coefficient (Wildman–Crippen LogP) is 3.85. The molecule has 0 saturated carbocycles. The first-order valence-electron chi connectivity index (χ1n) is 8.56. The maximum Gasteiger partial charge on any atom is 0.252 e. The van der Waals surface area contributed by atoms with E-state index in [4.69, 9.17) is 5.10 Å². The molecule has 4 rings (SSSR count). The first-order chi connectivity index (χ1) is 12.7. The Kier molecular flexibility index (Phi) is 4.19. The van der Waals surface area contributed by atoms with Crippen LogP contribution in [-0.4, -0.2) is 19.7 Å². The fourth-order valence-electron chi connectivity index (χ4n) is 2.88. The minimum atomic E-state index is -0.178. The summed E-state index contributed by atoms with van der Waals surface area (Å²) >= 11 is 0. The monoisotopic (exact) mass is 342 g/mol. The van der Waals surface area contributed by atoms with Crippen molar-refractivity contribution in [2.75, 3.05) is 0 Å². The topological polar surface area (TPSA) is 63.6 Å². The average Bonchev–Trinajstić information content (AvgIpc) is 3.14. The lowest BCUT2D eigenvalue weighted by atomic mass is 10.1. The zero-order valence-electron chi connectivity index (χ0n) is 14.4. The summed E-state index contributed by atoms with van der Waals surface area (Å²) < 4.78 is 1.71. The molecule has 0 spiro atoms. The van der Waals surface area contributed by atoms with Gasteiger partial charge in [-0.15, -0.1) is 0 Å². The average molecular weight is 342 g/mol. The van der Waals surface area contributed by atoms with Gasteiger partial charge in [-0.2, -0.15) is 9.78 Å². The van der Waals surface area contributed by atoms with Crippen LogP contribution in [-0.2, 0) is 6.42 Å². The molecule has 5 heteroatoms. The van der Waals surface area contributed by atoms with E-state index in [1.165, 1.54) is 6.07 Å². The zero-order chi connectivity index (χ0) is 17.9. The lowest BCUT2D eigenvalue weighted by Gasteiger charge is -2.07. The van der Waals surface area contributed by atoms with Gasteiger partial charge in [0.05, 0.1) is 11.4 Å². The van der Waals surface area contributed by atoms with Crippen LogP contribution in [0, 0.1) is 0 Å². The number of nitrogens with one attached hydrogen (secondary N) is 1. The minimum absolute atomic E-state index is 0.178. The van der Waals surface area contributed by atoms with Crippen molar-refractivity contribution < 1.29 is 0 Å². The quantitative estimate of drug-likeness (QED) is 0.613. The Morgan fingerprint density at radius 3 is 2.23 bits per heavy atom. The molecule has 0 amide bonds. The predicted molar refractivity (Wildman–Crippen MR) is 102 cm³/mol.